The highest BCUT2D eigenvalue weighted by molar-refractivity contribution is 5.76. The molecular formula is C14H20N2O. The molecule has 1 unspecified atom stereocenters. The first-order valence-electron chi connectivity index (χ1n) is 6.38. The summed E-state index contributed by atoms with van der Waals surface area (Å²) in [6, 6.07) is 8.59. The van der Waals surface area contributed by atoms with Crippen molar-refractivity contribution in [3.05, 3.63) is 35.4 Å². The van der Waals surface area contributed by atoms with Crippen molar-refractivity contribution in [3.8, 4) is 0 Å². The Morgan fingerprint density at radius 2 is 2.18 bits per heavy atom. The Morgan fingerprint density at radius 1 is 1.35 bits per heavy atom. The van der Waals surface area contributed by atoms with Gasteiger partial charge in [-0.3, -0.25) is 4.79 Å². The average Bonchev–Trinajstić information content (AvgIpc) is 2.73. The number of carbonyl (C=O) groups excluding carboxylic acids is 1. The number of rotatable bonds is 5. The van der Waals surface area contributed by atoms with E-state index < -0.39 is 0 Å². The standard InChI is InChI=1S/C14H20N2O/c15-10-4-3-7-14(17)16-13-9-8-11-5-1-2-6-12(11)13/h1-2,5-6,13H,3-4,7-10,15H2,(H,16,17). The molecule has 1 atom stereocenters. The van der Waals surface area contributed by atoms with Crippen molar-refractivity contribution in [1.29, 1.82) is 0 Å². The minimum Gasteiger partial charge on any atom is -0.349 e. The highest BCUT2D eigenvalue weighted by atomic mass is 16.1. The van der Waals surface area contributed by atoms with E-state index in [2.05, 4.69) is 23.5 Å². The van der Waals surface area contributed by atoms with E-state index in [4.69, 9.17) is 5.73 Å². The van der Waals surface area contributed by atoms with Crippen molar-refractivity contribution in [1.82, 2.24) is 5.32 Å². The van der Waals surface area contributed by atoms with Crippen molar-refractivity contribution >= 4 is 5.91 Å². The molecule has 3 nitrogen and oxygen atoms in total. The van der Waals surface area contributed by atoms with Crippen molar-refractivity contribution in [2.24, 2.45) is 5.73 Å². The van der Waals surface area contributed by atoms with Gasteiger partial charge in [-0.15, -0.1) is 0 Å². The molecule has 1 aliphatic carbocycles. The van der Waals surface area contributed by atoms with Gasteiger partial charge in [-0.2, -0.15) is 0 Å². The predicted octanol–water partition coefficient (Wildman–Crippen LogP) is 1.92. The lowest BCUT2D eigenvalue weighted by Gasteiger charge is -2.13. The van der Waals surface area contributed by atoms with Crippen LogP contribution < -0.4 is 11.1 Å². The molecule has 1 aliphatic rings. The molecule has 3 heteroatoms. The van der Waals surface area contributed by atoms with Crippen LogP contribution in [0.25, 0.3) is 0 Å². The van der Waals surface area contributed by atoms with Gasteiger partial charge in [-0.1, -0.05) is 24.3 Å². The third-order valence-corrected chi connectivity index (χ3v) is 3.33. The normalized spacial score (nSPS) is 17.8. The summed E-state index contributed by atoms with van der Waals surface area (Å²) in [5.41, 5.74) is 8.08. The van der Waals surface area contributed by atoms with Crippen molar-refractivity contribution in [3.63, 3.8) is 0 Å². The first-order chi connectivity index (χ1) is 8.31. The maximum absolute atomic E-state index is 11.7. The fraction of sp³-hybridized carbons (Fsp3) is 0.500. The lowest BCUT2D eigenvalue weighted by Crippen LogP contribution is -2.26. The number of nitrogens with two attached hydrogens (primary N) is 1. The summed E-state index contributed by atoms with van der Waals surface area (Å²) in [6.07, 6.45) is 4.51. The minimum atomic E-state index is 0.153. The van der Waals surface area contributed by atoms with Crippen molar-refractivity contribution in [2.45, 2.75) is 38.1 Å². The molecule has 0 saturated carbocycles. The van der Waals surface area contributed by atoms with Crippen molar-refractivity contribution in [2.75, 3.05) is 6.54 Å². The Bertz CT molecular complexity index is 390. The number of aryl methyl sites for hydroxylation is 1. The predicted molar refractivity (Wildman–Crippen MR) is 68.6 cm³/mol. The topological polar surface area (TPSA) is 55.1 Å². The lowest BCUT2D eigenvalue weighted by atomic mass is 10.1. The maximum atomic E-state index is 11.7. The number of unbranched alkanes of at least 4 members (excludes halogenated alkanes) is 1. The van der Waals surface area contributed by atoms with Gasteiger partial charge in [-0.25, -0.2) is 0 Å². The number of fused-ring (bicyclic) bond motifs is 1. The average molecular weight is 232 g/mol. The van der Waals surface area contributed by atoms with Gasteiger partial charge in [-0.05, 0) is 43.4 Å². The van der Waals surface area contributed by atoms with E-state index in [1.165, 1.54) is 11.1 Å². The quantitative estimate of drug-likeness (QED) is 0.762. The van der Waals surface area contributed by atoms with E-state index in [-0.39, 0.29) is 11.9 Å². The zero-order valence-electron chi connectivity index (χ0n) is 10.1. The van der Waals surface area contributed by atoms with E-state index in [9.17, 15) is 4.79 Å². The molecule has 3 N–H and O–H groups in total. The molecule has 0 fully saturated rings. The van der Waals surface area contributed by atoms with Crippen LogP contribution in [0.15, 0.2) is 24.3 Å². The Morgan fingerprint density at radius 3 is 3.00 bits per heavy atom. The summed E-state index contributed by atoms with van der Waals surface area (Å²) < 4.78 is 0. The van der Waals surface area contributed by atoms with Crippen LogP contribution in [0.4, 0.5) is 0 Å². The molecule has 1 aromatic carbocycles. The van der Waals surface area contributed by atoms with E-state index in [1.54, 1.807) is 0 Å². The zero-order valence-corrected chi connectivity index (χ0v) is 10.1. The van der Waals surface area contributed by atoms with Crippen LogP contribution in [-0.4, -0.2) is 12.5 Å². The summed E-state index contributed by atoms with van der Waals surface area (Å²) in [6.45, 7) is 0.666. The van der Waals surface area contributed by atoms with Gasteiger partial charge >= 0.3 is 0 Å². The number of nitrogens with one attached hydrogen (secondary N) is 1. The van der Waals surface area contributed by atoms with Crippen LogP contribution >= 0.6 is 0 Å². The largest absolute Gasteiger partial charge is 0.349 e. The second-order valence-electron chi connectivity index (χ2n) is 4.60. The van der Waals surface area contributed by atoms with E-state index in [0.717, 1.165) is 25.7 Å². The van der Waals surface area contributed by atoms with E-state index in [1.807, 2.05) is 6.07 Å². The van der Waals surface area contributed by atoms with Gasteiger partial charge in [0.2, 0.25) is 5.91 Å². The molecule has 0 saturated heterocycles. The van der Waals surface area contributed by atoms with Gasteiger partial charge < -0.3 is 11.1 Å². The summed E-state index contributed by atoms with van der Waals surface area (Å²) in [5.74, 6) is 0.153. The Hall–Kier alpha value is -1.35. The third kappa shape index (κ3) is 3.07. The summed E-state index contributed by atoms with van der Waals surface area (Å²) in [7, 11) is 0. The molecule has 1 aromatic rings. The number of hydrogen-bond donors (Lipinski definition) is 2. The molecule has 1 amide bonds. The second-order valence-corrected chi connectivity index (χ2v) is 4.60. The Labute approximate surface area is 102 Å². The van der Waals surface area contributed by atoms with Gasteiger partial charge in [0, 0.05) is 6.42 Å². The molecular weight excluding hydrogens is 212 g/mol. The Balaban J connectivity index is 1.87. The molecule has 0 radical (unpaired) electrons. The molecule has 0 spiro atoms. The zero-order chi connectivity index (χ0) is 12.1. The van der Waals surface area contributed by atoms with Crippen LogP contribution in [0.5, 0.6) is 0 Å². The van der Waals surface area contributed by atoms with Crippen LogP contribution in [0.3, 0.4) is 0 Å². The maximum Gasteiger partial charge on any atom is 0.220 e. The molecule has 0 bridgehead atoms. The van der Waals surface area contributed by atoms with Crippen LogP contribution in [0.1, 0.15) is 42.9 Å². The van der Waals surface area contributed by atoms with E-state index in [0.29, 0.717) is 13.0 Å². The summed E-state index contributed by atoms with van der Waals surface area (Å²) >= 11 is 0. The van der Waals surface area contributed by atoms with Gasteiger partial charge in [0.25, 0.3) is 0 Å². The van der Waals surface area contributed by atoms with Crippen molar-refractivity contribution < 1.29 is 4.79 Å². The fourth-order valence-corrected chi connectivity index (χ4v) is 2.40. The van der Waals surface area contributed by atoms with Gasteiger partial charge in [0.15, 0.2) is 0 Å². The van der Waals surface area contributed by atoms with Gasteiger partial charge in [0.1, 0.15) is 0 Å². The van der Waals surface area contributed by atoms with Crippen LogP contribution in [-0.2, 0) is 11.2 Å². The molecule has 17 heavy (non-hydrogen) atoms. The highest BCUT2D eigenvalue weighted by Gasteiger charge is 2.22. The summed E-state index contributed by atoms with van der Waals surface area (Å²) in [5, 5.41) is 3.11. The smallest absolute Gasteiger partial charge is 0.220 e. The molecule has 0 heterocycles. The van der Waals surface area contributed by atoms with E-state index >= 15 is 0 Å². The second kappa shape index (κ2) is 5.82. The lowest BCUT2D eigenvalue weighted by molar-refractivity contribution is -0.121. The monoisotopic (exact) mass is 232 g/mol. The van der Waals surface area contributed by atoms with Crippen LogP contribution in [0, 0.1) is 0 Å². The fourth-order valence-electron chi connectivity index (χ4n) is 2.40. The molecule has 0 aliphatic heterocycles. The van der Waals surface area contributed by atoms with Gasteiger partial charge in [0.05, 0.1) is 6.04 Å². The third-order valence-electron chi connectivity index (χ3n) is 3.33. The highest BCUT2D eigenvalue weighted by Crippen LogP contribution is 2.30. The number of benzene rings is 1. The molecule has 92 valence electrons. The number of carbonyl (C=O) groups is 1. The Kier molecular flexibility index (Phi) is 4.15. The van der Waals surface area contributed by atoms with Crippen LogP contribution in [0.2, 0.25) is 0 Å². The number of hydrogen-bond acceptors (Lipinski definition) is 2. The molecule has 2 rings (SSSR count). The minimum absolute atomic E-state index is 0.153. The SMILES string of the molecule is NCCCCC(=O)NC1CCc2ccccc21. The molecule has 0 aromatic heterocycles. The first-order valence-corrected chi connectivity index (χ1v) is 6.38. The first kappa shape index (κ1) is 12.1. The number of amides is 1. The summed E-state index contributed by atoms with van der Waals surface area (Å²) in [4.78, 5) is 11.7.